The van der Waals surface area contributed by atoms with E-state index >= 15 is 0 Å². The number of carbonyl (C=O) groups is 2. The second-order valence-electron chi connectivity index (χ2n) is 3.69. The topological polar surface area (TPSA) is 66.4 Å². The van der Waals surface area contributed by atoms with Crippen molar-refractivity contribution in [2.24, 2.45) is 0 Å². The van der Waals surface area contributed by atoms with Gasteiger partial charge in [0.15, 0.2) is 0 Å². The van der Waals surface area contributed by atoms with E-state index in [0.717, 1.165) is 5.56 Å². The van der Waals surface area contributed by atoms with Crippen LogP contribution in [-0.4, -0.2) is 23.0 Å². The lowest BCUT2D eigenvalue weighted by molar-refractivity contribution is -0.137. The molecule has 0 spiro atoms. The van der Waals surface area contributed by atoms with Crippen molar-refractivity contribution in [3.05, 3.63) is 35.9 Å². The van der Waals surface area contributed by atoms with Crippen molar-refractivity contribution in [1.82, 2.24) is 5.32 Å². The number of amides is 1. The Hall–Kier alpha value is -1.84. The molecule has 0 saturated heterocycles. The first-order chi connectivity index (χ1) is 7.58. The molecule has 0 aliphatic heterocycles. The fourth-order valence-electron chi connectivity index (χ4n) is 1.57. The zero-order valence-corrected chi connectivity index (χ0v) is 9.14. The predicted octanol–water partition coefficient (Wildman–Crippen LogP) is 1.21. The van der Waals surface area contributed by atoms with Gasteiger partial charge in [0.05, 0.1) is 6.42 Å². The monoisotopic (exact) mass is 221 g/mol. The van der Waals surface area contributed by atoms with E-state index in [9.17, 15) is 9.59 Å². The van der Waals surface area contributed by atoms with E-state index < -0.39 is 5.97 Å². The molecule has 0 fully saturated rings. The third kappa shape index (κ3) is 4.59. The molecule has 0 heterocycles. The molecular formula is C12H15NO3. The maximum absolute atomic E-state index is 10.9. The minimum atomic E-state index is -0.908. The quantitative estimate of drug-likeness (QED) is 0.785. The van der Waals surface area contributed by atoms with Gasteiger partial charge < -0.3 is 10.4 Å². The van der Waals surface area contributed by atoms with Crippen LogP contribution in [0.25, 0.3) is 0 Å². The van der Waals surface area contributed by atoms with E-state index in [-0.39, 0.29) is 18.4 Å². The van der Waals surface area contributed by atoms with Gasteiger partial charge in [-0.15, -0.1) is 0 Å². The molecular weight excluding hydrogens is 206 g/mol. The first-order valence-electron chi connectivity index (χ1n) is 5.10. The van der Waals surface area contributed by atoms with Crippen molar-refractivity contribution in [1.29, 1.82) is 0 Å². The fraction of sp³-hybridized carbons (Fsp3) is 0.333. The third-order valence-corrected chi connectivity index (χ3v) is 2.15. The van der Waals surface area contributed by atoms with Gasteiger partial charge in [-0.2, -0.15) is 0 Å². The molecule has 0 saturated carbocycles. The lowest BCUT2D eigenvalue weighted by Gasteiger charge is -2.15. The molecule has 1 amide bonds. The van der Waals surface area contributed by atoms with Gasteiger partial charge in [0, 0.05) is 13.0 Å². The van der Waals surface area contributed by atoms with Gasteiger partial charge in [0.25, 0.3) is 0 Å². The molecule has 0 aliphatic rings. The van der Waals surface area contributed by atoms with Gasteiger partial charge >= 0.3 is 5.97 Å². The predicted molar refractivity (Wildman–Crippen MR) is 60.0 cm³/mol. The summed E-state index contributed by atoms with van der Waals surface area (Å²) in [5, 5.41) is 11.4. The number of benzene rings is 1. The van der Waals surface area contributed by atoms with Gasteiger partial charge in [-0.1, -0.05) is 30.3 Å². The van der Waals surface area contributed by atoms with Crippen LogP contribution >= 0.6 is 0 Å². The Labute approximate surface area is 94.3 Å². The highest BCUT2D eigenvalue weighted by Crippen LogP contribution is 2.05. The molecule has 1 aromatic rings. The molecule has 1 atom stereocenters. The SMILES string of the molecule is CC(=O)N[C@@H](CC(=O)O)Cc1ccccc1. The van der Waals surface area contributed by atoms with E-state index in [4.69, 9.17) is 5.11 Å². The number of rotatable bonds is 5. The Kier molecular flexibility index (Phi) is 4.51. The van der Waals surface area contributed by atoms with Crippen LogP contribution in [0.1, 0.15) is 18.9 Å². The second-order valence-corrected chi connectivity index (χ2v) is 3.69. The van der Waals surface area contributed by atoms with E-state index in [0.29, 0.717) is 6.42 Å². The standard InChI is InChI=1S/C12H15NO3/c1-9(14)13-11(8-12(15)16)7-10-5-3-2-4-6-10/h2-6,11H,7-8H2,1H3,(H,13,14)(H,15,16)/t11-/m1/s1. The van der Waals surface area contributed by atoms with Crippen LogP contribution < -0.4 is 5.32 Å². The van der Waals surface area contributed by atoms with Crippen molar-refractivity contribution in [2.45, 2.75) is 25.8 Å². The lowest BCUT2D eigenvalue weighted by atomic mass is 10.0. The van der Waals surface area contributed by atoms with E-state index in [1.807, 2.05) is 30.3 Å². The van der Waals surface area contributed by atoms with Crippen molar-refractivity contribution in [3.8, 4) is 0 Å². The van der Waals surface area contributed by atoms with Crippen LogP contribution in [0, 0.1) is 0 Å². The van der Waals surface area contributed by atoms with Crippen LogP contribution in [0.2, 0.25) is 0 Å². The summed E-state index contributed by atoms with van der Waals surface area (Å²) in [5.74, 6) is -1.11. The molecule has 1 rings (SSSR count). The van der Waals surface area contributed by atoms with E-state index in [2.05, 4.69) is 5.32 Å². The average molecular weight is 221 g/mol. The van der Waals surface area contributed by atoms with Gasteiger partial charge in [-0.25, -0.2) is 0 Å². The molecule has 2 N–H and O–H groups in total. The van der Waals surface area contributed by atoms with Crippen molar-refractivity contribution < 1.29 is 14.7 Å². The molecule has 0 radical (unpaired) electrons. The number of aliphatic carboxylic acids is 1. The maximum atomic E-state index is 10.9. The largest absolute Gasteiger partial charge is 0.481 e. The highest BCUT2D eigenvalue weighted by Gasteiger charge is 2.14. The number of carbonyl (C=O) groups excluding carboxylic acids is 1. The summed E-state index contributed by atoms with van der Waals surface area (Å²) in [6.45, 7) is 1.39. The summed E-state index contributed by atoms with van der Waals surface area (Å²) >= 11 is 0. The van der Waals surface area contributed by atoms with Crippen LogP contribution in [0.4, 0.5) is 0 Å². The number of carboxylic acid groups (broad SMARTS) is 1. The van der Waals surface area contributed by atoms with Crippen LogP contribution in [0.5, 0.6) is 0 Å². The number of hydrogen-bond donors (Lipinski definition) is 2. The first kappa shape index (κ1) is 12.2. The zero-order chi connectivity index (χ0) is 12.0. The smallest absolute Gasteiger partial charge is 0.305 e. The Morgan fingerprint density at radius 2 is 1.94 bits per heavy atom. The lowest BCUT2D eigenvalue weighted by Crippen LogP contribution is -2.36. The number of carboxylic acids is 1. The van der Waals surface area contributed by atoms with Crippen LogP contribution in [0.15, 0.2) is 30.3 Å². The highest BCUT2D eigenvalue weighted by atomic mass is 16.4. The van der Waals surface area contributed by atoms with Gasteiger partial charge in [-0.3, -0.25) is 9.59 Å². The Bertz CT molecular complexity index is 346. The van der Waals surface area contributed by atoms with Crippen molar-refractivity contribution >= 4 is 11.9 Å². The highest BCUT2D eigenvalue weighted by molar-refractivity contribution is 5.75. The normalized spacial score (nSPS) is 11.8. The molecule has 0 aliphatic carbocycles. The molecule has 4 heteroatoms. The average Bonchev–Trinajstić information content (AvgIpc) is 2.16. The van der Waals surface area contributed by atoms with E-state index in [1.54, 1.807) is 0 Å². The fourth-order valence-corrected chi connectivity index (χ4v) is 1.57. The van der Waals surface area contributed by atoms with Gasteiger partial charge in [0.1, 0.15) is 0 Å². The van der Waals surface area contributed by atoms with Crippen LogP contribution in [0.3, 0.4) is 0 Å². The molecule has 0 bridgehead atoms. The minimum absolute atomic E-state index is 0.0610. The molecule has 86 valence electrons. The summed E-state index contributed by atoms with van der Waals surface area (Å²) in [6, 6.07) is 9.15. The van der Waals surface area contributed by atoms with Gasteiger partial charge in [-0.05, 0) is 12.0 Å². The summed E-state index contributed by atoms with van der Waals surface area (Å²) in [7, 11) is 0. The molecule has 1 aromatic carbocycles. The van der Waals surface area contributed by atoms with E-state index in [1.165, 1.54) is 6.92 Å². The minimum Gasteiger partial charge on any atom is -0.481 e. The Morgan fingerprint density at radius 1 is 1.31 bits per heavy atom. The molecule has 0 unspecified atom stereocenters. The summed E-state index contributed by atoms with van der Waals surface area (Å²) < 4.78 is 0. The maximum Gasteiger partial charge on any atom is 0.305 e. The number of hydrogen-bond acceptors (Lipinski definition) is 2. The number of nitrogens with one attached hydrogen (secondary N) is 1. The third-order valence-electron chi connectivity index (χ3n) is 2.15. The second kappa shape index (κ2) is 5.90. The molecule has 0 aromatic heterocycles. The van der Waals surface area contributed by atoms with Crippen molar-refractivity contribution in [3.63, 3.8) is 0 Å². The molecule has 16 heavy (non-hydrogen) atoms. The van der Waals surface area contributed by atoms with Gasteiger partial charge in [0.2, 0.25) is 5.91 Å². The summed E-state index contributed by atoms with van der Waals surface area (Å²) in [6.07, 6.45) is 0.473. The Balaban J connectivity index is 2.63. The summed E-state index contributed by atoms with van der Waals surface area (Å²) in [4.78, 5) is 21.6. The zero-order valence-electron chi connectivity index (χ0n) is 9.14. The van der Waals surface area contributed by atoms with Crippen molar-refractivity contribution in [2.75, 3.05) is 0 Å². The summed E-state index contributed by atoms with van der Waals surface area (Å²) in [5.41, 5.74) is 1.02. The first-order valence-corrected chi connectivity index (χ1v) is 5.10. The Morgan fingerprint density at radius 3 is 2.44 bits per heavy atom. The van der Waals surface area contributed by atoms with Crippen LogP contribution in [-0.2, 0) is 16.0 Å². The molecule has 4 nitrogen and oxygen atoms in total.